The Kier molecular flexibility index (Phi) is 5.73. The van der Waals surface area contributed by atoms with Gasteiger partial charge < -0.3 is 0 Å². The van der Waals surface area contributed by atoms with Gasteiger partial charge in [-0.15, -0.1) is 22.7 Å². The number of thiophene rings is 2. The molecule has 10 aromatic rings. The molecule has 3 nitrogen and oxygen atoms in total. The van der Waals surface area contributed by atoms with Crippen molar-refractivity contribution in [2.75, 3.05) is 0 Å². The van der Waals surface area contributed by atoms with Crippen LogP contribution in [-0.4, -0.2) is 15.0 Å². The molecule has 0 spiro atoms. The molecule has 0 bridgehead atoms. The second-order valence-corrected chi connectivity index (χ2v) is 14.1. The van der Waals surface area contributed by atoms with Crippen LogP contribution in [0.3, 0.4) is 0 Å². The first-order chi connectivity index (χ1) is 26.9. The van der Waals surface area contributed by atoms with Crippen LogP contribution >= 0.6 is 22.7 Å². The summed E-state index contributed by atoms with van der Waals surface area (Å²) in [7, 11) is 0. The Bertz CT molecular complexity index is 3160. The molecule has 0 aliphatic carbocycles. The summed E-state index contributed by atoms with van der Waals surface area (Å²) >= 11 is 3.47. The first kappa shape index (κ1) is 24.2. The minimum Gasteiger partial charge on any atom is -0.208 e. The van der Waals surface area contributed by atoms with Gasteiger partial charge in [0, 0.05) is 57.0 Å². The van der Waals surface area contributed by atoms with Gasteiger partial charge in [0.1, 0.15) is 0 Å². The third-order valence-electron chi connectivity index (χ3n) is 9.05. The molecule has 0 radical (unpaired) electrons. The van der Waals surface area contributed by atoms with E-state index in [0.29, 0.717) is 28.6 Å². The van der Waals surface area contributed by atoms with Crippen molar-refractivity contribution in [3.05, 3.63) is 164 Å². The topological polar surface area (TPSA) is 38.7 Å². The van der Waals surface area contributed by atoms with Gasteiger partial charge in [0.25, 0.3) is 0 Å². The highest BCUT2D eigenvalue weighted by atomic mass is 32.1. The van der Waals surface area contributed by atoms with E-state index in [2.05, 4.69) is 72.8 Å². The van der Waals surface area contributed by atoms with Crippen molar-refractivity contribution in [1.82, 2.24) is 15.0 Å². The van der Waals surface area contributed by atoms with E-state index < -0.39 is 18.1 Å². The highest BCUT2D eigenvalue weighted by molar-refractivity contribution is 7.26. The standard InChI is InChI=1S/C45H27N3S2/c1-2-13-28(14-3-1)31-17-4-5-20-37(31)44-46-43(47-45(48-44)38-24-12-23-36-34-19-7-9-26-40(34)50-42(36)38)30-16-10-15-29(27-30)32-21-11-22-35-33-18-6-8-25-39(33)49-41(32)35/h1-27H/i1D,2D,3D,13D,14D. The number of rotatable bonds is 5. The summed E-state index contributed by atoms with van der Waals surface area (Å²) < 4.78 is 47.3. The fraction of sp³-hybridized carbons (Fsp3) is 0. The van der Waals surface area contributed by atoms with Crippen molar-refractivity contribution >= 4 is 63.0 Å². The third kappa shape index (κ3) is 4.82. The molecular weight excluding hydrogens is 647 g/mol. The SMILES string of the molecule is [2H]c1c([2H])c([2H])c(-c2ccccc2-c2nc(-c3cccc(-c4cccc5c4sc4ccccc45)c3)nc(-c3cccc4c3sc3ccccc34)n2)c([2H])c1[2H]. The van der Waals surface area contributed by atoms with Crippen molar-refractivity contribution in [2.45, 2.75) is 0 Å². The largest absolute Gasteiger partial charge is 0.208 e. The van der Waals surface area contributed by atoms with Gasteiger partial charge >= 0.3 is 0 Å². The number of fused-ring (bicyclic) bond motifs is 6. The Hall–Kier alpha value is -6.01. The molecule has 0 aliphatic heterocycles. The second-order valence-electron chi connectivity index (χ2n) is 12.0. The fourth-order valence-electron chi connectivity index (χ4n) is 6.75. The number of benzene rings is 7. The van der Waals surface area contributed by atoms with Gasteiger partial charge in [0.15, 0.2) is 17.5 Å². The quantitative estimate of drug-likeness (QED) is 0.182. The summed E-state index contributed by atoms with van der Waals surface area (Å²) in [5.74, 6) is 1.27. The van der Waals surface area contributed by atoms with E-state index in [1.54, 1.807) is 34.8 Å². The fourth-order valence-corrected chi connectivity index (χ4v) is 9.20. The van der Waals surface area contributed by atoms with Gasteiger partial charge in [-0.25, -0.2) is 15.0 Å². The molecule has 0 saturated carbocycles. The molecule has 10 rings (SSSR count). The molecule has 0 saturated heterocycles. The van der Waals surface area contributed by atoms with E-state index in [0.717, 1.165) is 42.4 Å². The predicted octanol–water partition coefficient (Wildman–Crippen LogP) is 12.9. The van der Waals surface area contributed by atoms with Gasteiger partial charge in [-0.3, -0.25) is 0 Å². The van der Waals surface area contributed by atoms with E-state index >= 15 is 0 Å². The van der Waals surface area contributed by atoms with Gasteiger partial charge in [-0.2, -0.15) is 0 Å². The lowest BCUT2D eigenvalue weighted by atomic mass is 9.99. The van der Waals surface area contributed by atoms with Gasteiger partial charge in [0.2, 0.25) is 0 Å². The van der Waals surface area contributed by atoms with Crippen LogP contribution in [-0.2, 0) is 0 Å². The predicted molar refractivity (Wildman–Crippen MR) is 213 cm³/mol. The zero-order valence-electron chi connectivity index (χ0n) is 31.4. The molecule has 3 heterocycles. The lowest BCUT2D eigenvalue weighted by Crippen LogP contribution is -2.01. The molecule has 0 unspecified atom stereocenters. The molecule has 0 amide bonds. The summed E-state index contributed by atoms with van der Waals surface area (Å²) in [4.78, 5) is 15.4. The molecule has 234 valence electrons. The summed E-state index contributed by atoms with van der Waals surface area (Å²) in [6.07, 6.45) is 0. The summed E-state index contributed by atoms with van der Waals surface area (Å²) in [5.41, 5.74) is 4.86. The summed E-state index contributed by atoms with van der Waals surface area (Å²) in [6, 6.07) is 43.1. The van der Waals surface area contributed by atoms with E-state index in [1.807, 2.05) is 48.5 Å². The third-order valence-corrected chi connectivity index (χ3v) is 11.5. The van der Waals surface area contributed by atoms with Crippen LogP contribution < -0.4 is 0 Å². The second kappa shape index (κ2) is 11.8. The van der Waals surface area contributed by atoms with Crippen molar-refractivity contribution < 1.29 is 6.85 Å². The zero-order chi connectivity index (χ0) is 37.4. The zero-order valence-corrected chi connectivity index (χ0v) is 28.0. The smallest absolute Gasteiger partial charge is 0.165 e. The Morgan fingerprint density at radius 3 is 1.60 bits per heavy atom. The molecule has 3 aromatic heterocycles. The van der Waals surface area contributed by atoms with Crippen molar-refractivity contribution in [3.63, 3.8) is 0 Å². The van der Waals surface area contributed by atoms with Gasteiger partial charge in [0.05, 0.1) is 6.85 Å². The first-order valence-corrected chi connectivity index (χ1v) is 17.8. The van der Waals surface area contributed by atoms with Gasteiger partial charge in [-0.05, 0) is 46.5 Å². The summed E-state index contributed by atoms with van der Waals surface area (Å²) in [5, 5.41) is 4.72. The van der Waals surface area contributed by atoms with Crippen LogP contribution in [0.25, 0.3) is 96.8 Å². The molecule has 0 aliphatic rings. The molecule has 5 heteroatoms. The maximum atomic E-state index is 8.80. The van der Waals surface area contributed by atoms with Crippen LogP contribution in [0.15, 0.2) is 164 Å². The number of aromatic nitrogens is 3. The van der Waals surface area contributed by atoms with Crippen LogP contribution in [0.5, 0.6) is 0 Å². The van der Waals surface area contributed by atoms with Crippen LogP contribution in [0, 0.1) is 0 Å². The average molecular weight is 679 g/mol. The minimum atomic E-state index is -0.441. The highest BCUT2D eigenvalue weighted by Crippen LogP contribution is 2.42. The first-order valence-electron chi connectivity index (χ1n) is 18.7. The normalized spacial score (nSPS) is 13.0. The van der Waals surface area contributed by atoms with Crippen LogP contribution in [0.1, 0.15) is 6.85 Å². The molecule has 50 heavy (non-hydrogen) atoms. The molecule has 0 N–H and O–H groups in total. The molecular formula is C45H27N3S2. The Morgan fingerprint density at radius 2 is 0.880 bits per heavy atom. The van der Waals surface area contributed by atoms with E-state index in [-0.39, 0.29) is 17.6 Å². The molecule has 0 atom stereocenters. The maximum Gasteiger partial charge on any atom is 0.165 e. The van der Waals surface area contributed by atoms with Crippen molar-refractivity contribution in [1.29, 1.82) is 0 Å². The Balaban J connectivity index is 1.22. The number of hydrogen-bond acceptors (Lipinski definition) is 5. The average Bonchev–Trinajstić information content (AvgIpc) is 3.81. The summed E-state index contributed by atoms with van der Waals surface area (Å²) in [6.45, 7) is 0. The van der Waals surface area contributed by atoms with E-state index in [9.17, 15) is 0 Å². The lowest BCUT2D eigenvalue weighted by Gasteiger charge is -2.13. The maximum absolute atomic E-state index is 8.80. The van der Waals surface area contributed by atoms with E-state index in [4.69, 9.17) is 21.8 Å². The molecule has 0 fully saturated rings. The number of hydrogen-bond donors (Lipinski definition) is 0. The monoisotopic (exact) mass is 678 g/mol. The van der Waals surface area contributed by atoms with E-state index in [1.165, 1.54) is 20.2 Å². The number of nitrogens with zero attached hydrogens (tertiary/aromatic N) is 3. The Morgan fingerprint density at radius 1 is 0.380 bits per heavy atom. The highest BCUT2D eigenvalue weighted by Gasteiger charge is 2.19. The van der Waals surface area contributed by atoms with Gasteiger partial charge in [-0.1, -0.05) is 139 Å². The van der Waals surface area contributed by atoms with Crippen LogP contribution in [0.2, 0.25) is 0 Å². The molecule has 7 aromatic carbocycles. The van der Waals surface area contributed by atoms with Crippen LogP contribution in [0.4, 0.5) is 0 Å². The minimum absolute atomic E-state index is 0.0927. The van der Waals surface area contributed by atoms with Crippen molar-refractivity contribution in [2.24, 2.45) is 0 Å². The Labute approximate surface area is 303 Å². The van der Waals surface area contributed by atoms with Crippen molar-refractivity contribution in [3.8, 4) is 56.4 Å². The lowest BCUT2D eigenvalue weighted by molar-refractivity contribution is 1.08.